The van der Waals surface area contributed by atoms with Crippen LogP contribution in [-0.4, -0.2) is 43.4 Å². The lowest BCUT2D eigenvalue weighted by molar-refractivity contribution is -0.144. The predicted octanol–water partition coefficient (Wildman–Crippen LogP) is 7.92. The van der Waals surface area contributed by atoms with Gasteiger partial charge in [-0.15, -0.1) is 0 Å². The number of carbonyl (C=O) groups excluding carboxylic acids is 3. The summed E-state index contributed by atoms with van der Waals surface area (Å²) in [4.78, 5) is 41.1. The van der Waals surface area contributed by atoms with Crippen LogP contribution in [0.1, 0.15) is 63.1 Å². The third kappa shape index (κ3) is 7.30. The van der Waals surface area contributed by atoms with E-state index in [-0.39, 0.29) is 41.2 Å². The maximum absolute atomic E-state index is 13.5. The maximum atomic E-state index is 13.5. The number of hydrogen-bond donors (Lipinski definition) is 1. The number of amides is 2. The van der Waals surface area contributed by atoms with Gasteiger partial charge in [-0.05, 0) is 65.4 Å². The van der Waals surface area contributed by atoms with Crippen LogP contribution in [0.2, 0.25) is 0 Å². The van der Waals surface area contributed by atoms with Gasteiger partial charge in [-0.1, -0.05) is 79.6 Å². The molecule has 0 heterocycles. The Kier molecular flexibility index (Phi) is 9.60. The number of carbonyl (C=O) groups is 3. The minimum atomic E-state index is -4.48. The Labute approximate surface area is 266 Å². The first-order chi connectivity index (χ1) is 22.0. The number of hydrogen-bond acceptors (Lipinski definition) is 4. The molecule has 46 heavy (non-hydrogen) atoms. The molecule has 1 N–H and O–H groups in total. The molecule has 238 valence electrons. The number of nitrogens with zero attached hydrogens (tertiary/aromatic N) is 1. The molecule has 2 amide bonds. The Morgan fingerprint density at radius 2 is 1.48 bits per heavy atom. The van der Waals surface area contributed by atoms with E-state index < -0.39 is 23.6 Å². The zero-order valence-electron chi connectivity index (χ0n) is 25.7. The highest BCUT2D eigenvalue weighted by molar-refractivity contribution is 6.11. The zero-order chi connectivity index (χ0) is 32.9. The molecule has 0 radical (unpaired) electrons. The molecular weight excluding hydrogens is 593 g/mol. The van der Waals surface area contributed by atoms with Gasteiger partial charge >= 0.3 is 12.1 Å². The molecule has 6 nitrogen and oxygen atoms in total. The van der Waals surface area contributed by atoms with Crippen molar-refractivity contribution in [2.45, 2.75) is 43.7 Å². The standard InChI is InChI=1S/C37H35F3N2O4/c1-42(2)35(45)31-22-25(23-33(43)46-24-36(20-8-9-21-36)27-10-4-3-5-11-27)14-19-32(31)41-34(44)30-13-7-6-12-29(30)26-15-17-28(18-16-26)37(38,39)40/h3-7,10-19,22H,8-9,20-21,23-24H2,1-2H3,(H,41,44). The summed E-state index contributed by atoms with van der Waals surface area (Å²) in [5.74, 6) is -1.33. The van der Waals surface area contributed by atoms with E-state index in [4.69, 9.17) is 4.74 Å². The van der Waals surface area contributed by atoms with Crippen LogP contribution in [-0.2, 0) is 27.5 Å². The van der Waals surface area contributed by atoms with Gasteiger partial charge in [0.15, 0.2) is 0 Å². The van der Waals surface area contributed by atoms with Gasteiger partial charge in [-0.25, -0.2) is 0 Å². The summed E-state index contributed by atoms with van der Waals surface area (Å²) in [6.07, 6.45) is -0.489. The van der Waals surface area contributed by atoms with Crippen molar-refractivity contribution < 1.29 is 32.3 Å². The number of halogens is 3. The van der Waals surface area contributed by atoms with Gasteiger partial charge in [0.2, 0.25) is 0 Å². The number of rotatable bonds is 9. The predicted molar refractivity (Wildman–Crippen MR) is 171 cm³/mol. The molecule has 1 aliphatic rings. The molecule has 1 aliphatic carbocycles. The van der Waals surface area contributed by atoms with E-state index >= 15 is 0 Å². The number of alkyl halides is 3. The van der Waals surface area contributed by atoms with Gasteiger partial charge in [0, 0.05) is 25.1 Å². The second-order valence-corrected chi connectivity index (χ2v) is 11.8. The van der Waals surface area contributed by atoms with E-state index in [1.165, 1.54) is 22.6 Å². The van der Waals surface area contributed by atoms with Crippen molar-refractivity contribution >= 4 is 23.5 Å². The second-order valence-electron chi connectivity index (χ2n) is 11.8. The summed E-state index contributed by atoms with van der Waals surface area (Å²) in [5, 5.41) is 2.79. The van der Waals surface area contributed by atoms with Crippen molar-refractivity contribution in [1.82, 2.24) is 4.90 Å². The summed E-state index contributed by atoms with van der Waals surface area (Å²) in [5.41, 5.74) is 2.24. The van der Waals surface area contributed by atoms with Crippen LogP contribution >= 0.6 is 0 Å². The molecule has 0 atom stereocenters. The Morgan fingerprint density at radius 3 is 2.13 bits per heavy atom. The Hall–Kier alpha value is -4.92. The smallest absolute Gasteiger partial charge is 0.416 e. The van der Waals surface area contributed by atoms with Crippen molar-refractivity contribution in [2.24, 2.45) is 0 Å². The highest BCUT2D eigenvalue weighted by atomic mass is 19.4. The highest BCUT2D eigenvalue weighted by Crippen LogP contribution is 2.41. The van der Waals surface area contributed by atoms with Gasteiger partial charge in [0.25, 0.3) is 11.8 Å². The number of benzene rings is 4. The quantitative estimate of drug-likeness (QED) is 0.191. The minimum absolute atomic E-state index is 0.0520. The fraction of sp³-hybridized carbons (Fsp3) is 0.270. The third-order valence-corrected chi connectivity index (χ3v) is 8.47. The molecule has 4 aromatic carbocycles. The summed E-state index contributed by atoms with van der Waals surface area (Å²) in [6, 6.07) is 26.0. The van der Waals surface area contributed by atoms with Crippen LogP contribution in [0.25, 0.3) is 11.1 Å². The Bertz CT molecular complexity index is 1710. The second kappa shape index (κ2) is 13.6. The van der Waals surface area contributed by atoms with Crippen molar-refractivity contribution in [1.29, 1.82) is 0 Å². The summed E-state index contributed by atoms with van der Waals surface area (Å²) < 4.78 is 45.1. The third-order valence-electron chi connectivity index (χ3n) is 8.47. The minimum Gasteiger partial charge on any atom is -0.464 e. The van der Waals surface area contributed by atoms with E-state index in [1.54, 1.807) is 56.6 Å². The summed E-state index contributed by atoms with van der Waals surface area (Å²) in [6.45, 7) is 0.284. The molecule has 0 aromatic heterocycles. The maximum Gasteiger partial charge on any atom is 0.416 e. The normalized spacial score (nSPS) is 14.0. The average molecular weight is 629 g/mol. The van der Waals surface area contributed by atoms with Crippen LogP contribution in [0, 0.1) is 0 Å². The zero-order valence-corrected chi connectivity index (χ0v) is 25.7. The lowest BCUT2D eigenvalue weighted by Crippen LogP contribution is -2.30. The number of ether oxygens (including phenoxy) is 1. The largest absolute Gasteiger partial charge is 0.464 e. The molecular formula is C37H35F3N2O4. The molecule has 4 aromatic rings. The highest BCUT2D eigenvalue weighted by Gasteiger charge is 2.37. The molecule has 5 rings (SSSR count). The van der Waals surface area contributed by atoms with Gasteiger partial charge in [-0.3, -0.25) is 14.4 Å². The summed E-state index contributed by atoms with van der Waals surface area (Å²) >= 11 is 0. The molecule has 1 fully saturated rings. The fourth-order valence-corrected chi connectivity index (χ4v) is 5.99. The molecule has 0 saturated heterocycles. The van der Waals surface area contributed by atoms with E-state index in [1.807, 2.05) is 18.2 Å². The van der Waals surface area contributed by atoms with E-state index in [0.717, 1.165) is 37.8 Å². The van der Waals surface area contributed by atoms with Crippen LogP contribution in [0.3, 0.4) is 0 Å². The topological polar surface area (TPSA) is 75.7 Å². The Morgan fingerprint density at radius 1 is 0.826 bits per heavy atom. The molecule has 0 unspecified atom stereocenters. The van der Waals surface area contributed by atoms with E-state index in [0.29, 0.717) is 16.7 Å². The van der Waals surface area contributed by atoms with Gasteiger partial charge in [0.1, 0.15) is 6.61 Å². The molecule has 1 saturated carbocycles. The van der Waals surface area contributed by atoms with E-state index in [9.17, 15) is 27.6 Å². The Balaban J connectivity index is 1.34. The monoisotopic (exact) mass is 628 g/mol. The van der Waals surface area contributed by atoms with Crippen LogP contribution < -0.4 is 5.32 Å². The average Bonchev–Trinajstić information content (AvgIpc) is 3.54. The number of esters is 1. The summed E-state index contributed by atoms with van der Waals surface area (Å²) in [7, 11) is 3.17. The first-order valence-corrected chi connectivity index (χ1v) is 15.1. The van der Waals surface area contributed by atoms with Crippen molar-refractivity contribution in [3.63, 3.8) is 0 Å². The lowest BCUT2D eigenvalue weighted by Gasteiger charge is -2.29. The number of nitrogens with one attached hydrogen (secondary N) is 1. The van der Waals surface area contributed by atoms with Gasteiger partial charge < -0.3 is 15.0 Å². The fourth-order valence-electron chi connectivity index (χ4n) is 5.99. The first-order valence-electron chi connectivity index (χ1n) is 15.1. The van der Waals surface area contributed by atoms with Crippen molar-refractivity contribution in [2.75, 3.05) is 26.0 Å². The van der Waals surface area contributed by atoms with Crippen LogP contribution in [0.15, 0.2) is 97.1 Å². The molecule has 0 aliphatic heterocycles. The SMILES string of the molecule is CN(C)C(=O)c1cc(CC(=O)OCC2(c3ccccc3)CCCC2)ccc1NC(=O)c1ccccc1-c1ccc(C(F)(F)F)cc1. The van der Waals surface area contributed by atoms with Gasteiger partial charge in [0.05, 0.1) is 23.2 Å². The van der Waals surface area contributed by atoms with Crippen LogP contribution in [0.5, 0.6) is 0 Å². The molecule has 0 spiro atoms. The van der Waals surface area contributed by atoms with E-state index in [2.05, 4.69) is 17.4 Å². The first kappa shape index (κ1) is 32.5. The van der Waals surface area contributed by atoms with Gasteiger partial charge in [-0.2, -0.15) is 13.2 Å². The lowest BCUT2D eigenvalue weighted by atomic mass is 9.80. The van der Waals surface area contributed by atoms with Crippen molar-refractivity contribution in [3.05, 3.63) is 125 Å². The van der Waals surface area contributed by atoms with Crippen molar-refractivity contribution in [3.8, 4) is 11.1 Å². The molecule has 9 heteroatoms. The molecule has 0 bridgehead atoms. The number of anilines is 1. The van der Waals surface area contributed by atoms with Crippen LogP contribution in [0.4, 0.5) is 18.9 Å².